The summed E-state index contributed by atoms with van der Waals surface area (Å²) >= 11 is 1.72. The van der Waals surface area contributed by atoms with Gasteiger partial charge in [-0.2, -0.15) is 0 Å². The second kappa shape index (κ2) is 10.2. The first-order chi connectivity index (χ1) is 12.5. The standard InChI is InChI=1S/C19H28FN5S/c1-5-21-19(22-11-10-18-23-12-14(2)26-18)24-13-17(25(3)4)15-6-8-16(20)9-7-15/h6-9,12,17H,5,10-11,13H2,1-4H3,(H2,21,22,24). The smallest absolute Gasteiger partial charge is 0.191 e. The highest BCUT2D eigenvalue weighted by atomic mass is 32.1. The van der Waals surface area contributed by atoms with E-state index in [0.717, 1.165) is 36.0 Å². The monoisotopic (exact) mass is 377 g/mol. The Kier molecular flexibility index (Phi) is 8.00. The fourth-order valence-electron chi connectivity index (χ4n) is 2.58. The second-order valence-electron chi connectivity index (χ2n) is 6.29. The number of aromatic nitrogens is 1. The van der Waals surface area contributed by atoms with Gasteiger partial charge in [-0.05, 0) is 45.6 Å². The zero-order chi connectivity index (χ0) is 18.9. The Morgan fingerprint density at radius 3 is 2.58 bits per heavy atom. The molecule has 0 radical (unpaired) electrons. The third-order valence-electron chi connectivity index (χ3n) is 3.95. The molecule has 1 unspecified atom stereocenters. The summed E-state index contributed by atoms with van der Waals surface area (Å²) in [5, 5.41) is 7.76. The molecule has 5 nitrogen and oxygen atoms in total. The molecule has 7 heteroatoms. The summed E-state index contributed by atoms with van der Waals surface area (Å²) in [7, 11) is 4.02. The average molecular weight is 378 g/mol. The van der Waals surface area contributed by atoms with Gasteiger partial charge in [-0.15, -0.1) is 11.3 Å². The first-order valence-electron chi connectivity index (χ1n) is 8.85. The van der Waals surface area contributed by atoms with E-state index in [4.69, 9.17) is 4.99 Å². The van der Waals surface area contributed by atoms with Crippen LogP contribution in [0.5, 0.6) is 0 Å². The van der Waals surface area contributed by atoms with Gasteiger partial charge >= 0.3 is 0 Å². The average Bonchev–Trinajstić information content (AvgIpc) is 3.01. The molecule has 0 saturated carbocycles. The van der Waals surface area contributed by atoms with E-state index in [2.05, 4.69) is 27.4 Å². The number of aliphatic imine (C=N–C) groups is 1. The molecule has 1 heterocycles. The normalized spacial score (nSPS) is 13.1. The maximum absolute atomic E-state index is 13.2. The number of rotatable bonds is 8. The summed E-state index contributed by atoms with van der Waals surface area (Å²) in [5.41, 5.74) is 1.05. The Balaban J connectivity index is 1.97. The molecule has 0 amide bonds. The van der Waals surface area contributed by atoms with E-state index in [-0.39, 0.29) is 11.9 Å². The van der Waals surface area contributed by atoms with Crippen molar-refractivity contribution in [1.29, 1.82) is 0 Å². The number of benzene rings is 1. The lowest BCUT2D eigenvalue weighted by molar-refractivity contribution is 0.306. The first kappa shape index (κ1) is 20.3. The van der Waals surface area contributed by atoms with E-state index in [1.165, 1.54) is 17.0 Å². The maximum Gasteiger partial charge on any atom is 0.191 e. The highest BCUT2D eigenvalue weighted by Crippen LogP contribution is 2.19. The number of nitrogens with one attached hydrogen (secondary N) is 2. The van der Waals surface area contributed by atoms with Gasteiger partial charge in [-0.3, -0.25) is 4.99 Å². The third kappa shape index (κ3) is 6.38. The highest BCUT2D eigenvalue weighted by molar-refractivity contribution is 7.11. The topological polar surface area (TPSA) is 52.6 Å². The van der Waals surface area contributed by atoms with Gasteiger partial charge < -0.3 is 15.5 Å². The van der Waals surface area contributed by atoms with Crippen molar-refractivity contribution < 1.29 is 4.39 Å². The van der Waals surface area contributed by atoms with Crippen molar-refractivity contribution in [2.45, 2.75) is 26.3 Å². The number of guanidine groups is 1. The molecule has 1 aromatic carbocycles. The van der Waals surface area contributed by atoms with Gasteiger partial charge in [0.2, 0.25) is 0 Å². The van der Waals surface area contributed by atoms with Gasteiger partial charge in [0.05, 0.1) is 17.6 Å². The molecule has 0 saturated heterocycles. The van der Waals surface area contributed by atoms with E-state index in [1.54, 1.807) is 11.3 Å². The van der Waals surface area contributed by atoms with Gasteiger partial charge in [-0.25, -0.2) is 9.37 Å². The van der Waals surface area contributed by atoms with Crippen LogP contribution in [0.4, 0.5) is 4.39 Å². The molecule has 0 aliphatic carbocycles. The van der Waals surface area contributed by atoms with Crippen molar-refractivity contribution in [2.75, 3.05) is 33.7 Å². The SMILES string of the molecule is CCNC(=NCC(c1ccc(F)cc1)N(C)C)NCCc1ncc(C)s1. The van der Waals surface area contributed by atoms with E-state index < -0.39 is 0 Å². The minimum Gasteiger partial charge on any atom is -0.357 e. The quantitative estimate of drug-likeness (QED) is 0.549. The number of halogens is 1. The summed E-state index contributed by atoms with van der Waals surface area (Å²) in [6, 6.07) is 6.72. The third-order valence-corrected chi connectivity index (χ3v) is 4.92. The number of likely N-dealkylation sites (N-methyl/N-ethyl adjacent to an activating group) is 1. The zero-order valence-corrected chi connectivity index (χ0v) is 16.7. The van der Waals surface area contributed by atoms with Crippen molar-refractivity contribution >= 4 is 17.3 Å². The fourth-order valence-corrected chi connectivity index (χ4v) is 3.36. The Labute approximate surface area is 159 Å². The molecule has 0 spiro atoms. The second-order valence-corrected chi connectivity index (χ2v) is 7.61. The fraction of sp³-hybridized carbons (Fsp3) is 0.474. The van der Waals surface area contributed by atoms with Gasteiger partial charge in [0.1, 0.15) is 5.82 Å². The van der Waals surface area contributed by atoms with Gasteiger partial charge in [0.25, 0.3) is 0 Å². The van der Waals surface area contributed by atoms with Gasteiger partial charge in [0, 0.05) is 30.6 Å². The molecule has 142 valence electrons. The van der Waals surface area contributed by atoms with Crippen LogP contribution < -0.4 is 10.6 Å². The molecular weight excluding hydrogens is 349 g/mol. The summed E-state index contributed by atoms with van der Waals surface area (Å²) in [5.74, 6) is 0.567. The number of nitrogens with zero attached hydrogens (tertiary/aromatic N) is 3. The molecule has 0 aliphatic heterocycles. The number of hydrogen-bond acceptors (Lipinski definition) is 4. The van der Waals surface area contributed by atoms with Gasteiger partial charge in [0.15, 0.2) is 5.96 Å². The zero-order valence-electron chi connectivity index (χ0n) is 15.9. The van der Waals surface area contributed by atoms with Crippen molar-refractivity contribution in [1.82, 2.24) is 20.5 Å². The van der Waals surface area contributed by atoms with Crippen LogP contribution in [0.2, 0.25) is 0 Å². The molecule has 2 rings (SSSR count). The Morgan fingerprint density at radius 2 is 2.00 bits per heavy atom. The van der Waals surface area contributed by atoms with Crippen LogP contribution in [-0.4, -0.2) is 49.6 Å². The predicted octanol–water partition coefficient (Wildman–Crippen LogP) is 2.99. The molecule has 0 fully saturated rings. The summed E-state index contributed by atoms with van der Waals surface area (Å²) in [4.78, 5) is 12.4. The Hall–Kier alpha value is -1.99. The van der Waals surface area contributed by atoms with Gasteiger partial charge in [-0.1, -0.05) is 12.1 Å². The molecular formula is C19H28FN5S. The van der Waals surface area contributed by atoms with Crippen molar-refractivity contribution in [3.63, 3.8) is 0 Å². The lowest BCUT2D eigenvalue weighted by Crippen LogP contribution is -2.39. The minimum atomic E-state index is -0.220. The Morgan fingerprint density at radius 1 is 1.27 bits per heavy atom. The molecule has 2 aromatic rings. The number of thiazole rings is 1. The molecule has 0 bridgehead atoms. The van der Waals surface area contributed by atoms with Crippen LogP contribution in [-0.2, 0) is 6.42 Å². The summed E-state index contributed by atoms with van der Waals surface area (Å²) in [6.07, 6.45) is 2.78. The van der Waals surface area contributed by atoms with Crippen LogP contribution in [0, 0.1) is 12.7 Å². The van der Waals surface area contributed by atoms with Crippen molar-refractivity contribution in [3.8, 4) is 0 Å². The predicted molar refractivity (Wildman–Crippen MR) is 107 cm³/mol. The lowest BCUT2D eigenvalue weighted by Gasteiger charge is -2.23. The molecule has 26 heavy (non-hydrogen) atoms. The molecule has 1 atom stereocenters. The van der Waals surface area contributed by atoms with Crippen LogP contribution in [0.1, 0.15) is 28.4 Å². The molecule has 1 aromatic heterocycles. The minimum absolute atomic E-state index is 0.0904. The van der Waals surface area contributed by atoms with Crippen LogP contribution >= 0.6 is 11.3 Å². The molecule has 2 N–H and O–H groups in total. The van der Waals surface area contributed by atoms with E-state index >= 15 is 0 Å². The summed E-state index contributed by atoms with van der Waals surface area (Å²) < 4.78 is 13.2. The highest BCUT2D eigenvalue weighted by Gasteiger charge is 2.14. The largest absolute Gasteiger partial charge is 0.357 e. The summed E-state index contributed by atoms with van der Waals surface area (Å²) in [6.45, 7) is 6.28. The van der Waals surface area contributed by atoms with E-state index in [0.29, 0.717) is 6.54 Å². The number of aryl methyl sites for hydroxylation is 1. The van der Waals surface area contributed by atoms with E-state index in [9.17, 15) is 4.39 Å². The lowest BCUT2D eigenvalue weighted by atomic mass is 10.1. The van der Waals surface area contributed by atoms with E-state index in [1.807, 2.05) is 39.3 Å². The first-order valence-corrected chi connectivity index (χ1v) is 9.66. The van der Waals surface area contributed by atoms with Crippen molar-refractivity contribution in [2.24, 2.45) is 4.99 Å². The maximum atomic E-state index is 13.2. The number of hydrogen-bond donors (Lipinski definition) is 2. The van der Waals surface area contributed by atoms with Crippen molar-refractivity contribution in [3.05, 3.63) is 51.7 Å². The van der Waals surface area contributed by atoms with Crippen LogP contribution in [0.3, 0.4) is 0 Å². The Bertz CT molecular complexity index is 696. The van der Waals surface area contributed by atoms with Crippen LogP contribution in [0.25, 0.3) is 0 Å². The van der Waals surface area contributed by atoms with Crippen LogP contribution in [0.15, 0.2) is 35.5 Å². The molecule has 0 aliphatic rings.